The molecule has 2 atom stereocenters. The van der Waals surface area contributed by atoms with Crippen molar-refractivity contribution in [2.24, 2.45) is 0 Å². The Morgan fingerprint density at radius 1 is 1.32 bits per heavy atom. The molecule has 1 heterocycles. The topological polar surface area (TPSA) is 34.2 Å². The van der Waals surface area contributed by atoms with Crippen molar-refractivity contribution >= 4 is 0 Å². The first-order chi connectivity index (χ1) is 9.09. The van der Waals surface area contributed by atoms with E-state index in [9.17, 15) is 0 Å². The summed E-state index contributed by atoms with van der Waals surface area (Å²) in [5.74, 6) is 0. The normalized spacial score (nSPS) is 16.1. The van der Waals surface area contributed by atoms with Gasteiger partial charge in [-0.15, -0.1) is 0 Å². The fourth-order valence-corrected chi connectivity index (χ4v) is 2.28. The van der Waals surface area contributed by atoms with Gasteiger partial charge in [0.25, 0.3) is 0 Å². The number of aromatic nitrogens is 1. The molecule has 1 aromatic heterocycles. The lowest BCUT2D eigenvalue weighted by Crippen LogP contribution is -2.51. The second-order valence-electron chi connectivity index (χ2n) is 5.20. The van der Waals surface area contributed by atoms with E-state index < -0.39 is 0 Å². The summed E-state index contributed by atoms with van der Waals surface area (Å²) in [6.45, 7) is 9.56. The van der Waals surface area contributed by atoms with Crippen molar-refractivity contribution in [1.82, 2.24) is 10.3 Å². The average Bonchev–Trinajstić information content (AvgIpc) is 2.46. The van der Waals surface area contributed by atoms with Crippen molar-refractivity contribution in [2.45, 2.75) is 58.6 Å². The number of ether oxygens (including phenoxy) is 1. The van der Waals surface area contributed by atoms with Crippen molar-refractivity contribution in [3.05, 3.63) is 29.6 Å². The van der Waals surface area contributed by atoms with Gasteiger partial charge in [0.1, 0.15) is 0 Å². The lowest BCUT2D eigenvalue weighted by Gasteiger charge is -2.36. The molecule has 108 valence electrons. The molecular formula is C16H28N2O. The maximum atomic E-state index is 5.73. The monoisotopic (exact) mass is 264 g/mol. The second kappa shape index (κ2) is 7.61. The first kappa shape index (κ1) is 16.1. The molecule has 19 heavy (non-hydrogen) atoms. The Labute approximate surface area is 117 Å². The number of rotatable bonds is 8. The standard InChI is InChI=1S/C16H28N2O/c1-6-13-9-10-14(18-12-13)11-15(17-8-3)16(4,7-2)19-5/h9-10,12,15,17H,6-8,11H2,1-5H3. The van der Waals surface area contributed by atoms with Crippen LogP contribution in [0.15, 0.2) is 18.3 Å². The molecule has 0 aliphatic carbocycles. The van der Waals surface area contributed by atoms with Crippen LogP contribution in [0.25, 0.3) is 0 Å². The van der Waals surface area contributed by atoms with Crippen LogP contribution in [0.2, 0.25) is 0 Å². The molecule has 0 aromatic carbocycles. The summed E-state index contributed by atoms with van der Waals surface area (Å²) in [4.78, 5) is 4.56. The fourth-order valence-electron chi connectivity index (χ4n) is 2.28. The Morgan fingerprint density at radius 3 is 2.47 bits per heavy atom. The molecule has 3 nitrogen and oxygen atoms in total. The van der Waals surface area contributed by atoms with E-state index >= 15 is 0 Å². The SMILES string of the molecule is CCNC(Cc1ccc(CC)cn1)C(C)(CC)OC. The molecule has 1 N–H and O–H groups in total. The third-order valence-corrected chi connectivity index (χ3v) is 4.06. The number of nitrogens with one attached hydrogen (secondary N) is 1. The highest BCUT2D eigenvalue weighted by atomic mass is 16.5. The predicted octanol–water partition coefficient (Wildman–Crippen LogP) is 2.98. The molecule has 0 amide bonds. The van der Waals surface area contributed by atoms with Crippen molar-refractivity contribution < 1.29 is 4.74 Å². The highest BCUT2D eigenvalue weighted by Gasteiger charge is 2.32. The Morgan fingerprint density at radius 2 is 2.05 bits per heavy atom. The van der Waals surface area contributed by atoms with Crippen LogP contribution in [0.4, 0.5) is 0 Å². The molecule has 0 spiro atoms. The zero-order chi connectivity index (χ0) is 14.3. The van der Waals surface area contributed by atoms with Gasteiger partial charge >= 0.3 is 0 Å². The summed E-state index contributed by atoms with van der Waals surface area (Å²) in [6.07, 6.45) is 4.90. The zero-order valence-electron chi connectivity index (χ0n) is 13.0. The van der Waals surface area contributed by atoms with Gasteiger partial charge in [-0.1, -0.05) is 26.8 Å². The van der Waals surface area contributed by atoms with Gasteiger partial charge in [-0.05, 0) is 37.9 Å². The molecule has 0 fully saturated rings. The first-order valence-electron chi connectivity index (χ1n) is 7.31. The minimum atomic E-state index is -0.152. The zero-order valence-corrected chi connectivity index (χ0v) is 13.0. The van der Waals surface area contributed by atoms with Crippen molar-refractivity contribution in [1.29, 1.82) is 0 Å². The Hall–Kier alpha value is -0.930. The number of pyridine rings is 1. The van der Waals surface area contributed by atoms with Gasteiger partial charge in [0.05, 0.1) is 5.60 Å². The number of nitrogens with zero attached hydrogens (tertiary/aromatic N) is 1. The molecule has 0 bridgehead atoms. The molecule has 0 saturated carbocycles. The summed E-state index contributed by atoms with van der Waals surface area (Å²) in [6, 6.07) is 4.59. The Bertz CT molecular complexity index is 358. The quantitative estimate of drug-likeness (QED) is 0.784. The van der Waals surface area contributed by atoms with Crippen LogP contribution < -0.4 is 5.32 Å². The molecule has 0 aliphatic heterocycles. The van der Waals surface area contributed by atoms with E-state index in [1.54, 1.807) is 7.11 Å². The molecule has 2 unspecified atom stereocenters. The van der Waals surface area contributed by atoms with Crippen LogP contribution in [0.5, 0.6) is 0 Å². The lowest BCUT2D eigenvalue weighted by molar-refractivity contribution is -0.0286. The average molecular weight is 264 g/mol. The maximum Gasteiger partial charge on any atom is 0.0804 e. The smallest absolute Gasteiger partial charge is 0.0804 e. The third-order valence-electron chi connectivity index (χ3n) is 4.06. The van der Waals surface area contributed by atoms with Crippen LogP contribution in [0.3, 0.4) is 0 Å². The number of methoxy groups -OCH3 is 1. The summed E-state index contributed by atoms with van der Waals surface area (Å²) in [7, 11) is 1.79. The maximum absolute atomic E-state index is 5.73. The minimum absolute atomic E-state index is 0.152. The van der Waals surface area contributed by atoms with Crippen molar-refractivity contribution in [3.63, 3.8) is 0 Å². The molecule has 0 aliphatic rings. The number of aryl methyl sites for hydroxylation is 1. The first-order valence-corrected chi connectivity index (χ1v) is 7.31. The van der Waals surface area contributed by atoms with E-state index in [0.717, 1.165) is 31.5 Å². The Balaban J connectivity index is 2.82. The number of hydrogen-bond acceptors (Lipinski definition) is 3. The van der Waals surface area contributed by atoms with Gasteiger partial charge < -0.3 is 10.1 Å². The van der Waals surface area contributed by atoms with Crippen LogP contribution in [-0.2, 0) is 17.6 Å². The summed E-state index contributed by atoms with van der Waals surface area (Å²) in [5, 5.41) is 3.54. The van der Waals surface area contributed by atoms with Gasteiger partial charge in [0.2, 0.25) is 0 Å². The summed E-state index contributed by atoms with van der Waals surface area (Å²) >= 11 is 0. The van der Waals surface area contributed by atoms with E-state index in [1.165, 1.54) is 5.56 Å². The van der Waals surface area contributed by atoms with Gasteiger partial charge in [-0.25, -0.2) is 0 Å². The number of hydrogen-bond donors (Lipinski definition) is 1. The van der Waals surface area contributed by atoms with Crippen LogP contribution >= 0.6 is 0 Å². The largest absolute Gasteiger partial charge is 0.377 e. The molecule has 1 rings (SSSR count). The van der Waals surface area contributed by atoms with Crippen LogP contribution in [-0.4, -0.2) is 30.3 Å². The van der Waals surface area contributed by atoms with E-state index in [1.807, 2.05) is 6.20 Å². The van der Waals surface area contributed by atoms with Gasteiger partial charge in [-0.3, -0.25) is 4.98 Å². The van der Waals surface area contributed by atoms with Gasteiger partial charge in [0.15, 0.2) is 0 Å². The van der Waals surface area contributed by atoms with Crippen LogP contribution in [0.1, 0.15) is 45.4 Å². The fraction of sp³-hybridized carbons (Fsp3) is 0.688. The molecule has 1 aromatic rings. The minimum Gasteiger partial charge on any atom is -0.377 e. The predicted molar refractivity (Wildman–Crippen MR) is 80.5 cm³/mol. The highest BCUT2D eigenvalue weighted by molar-refractivity contribution is 5.15. The summed E-state index contributed by atoms with van der Waals surface area (Å²) < 4.78 is 5.73. The van der Waals surface area contributed by atoms with Crippen molar-refractivity contribution in [3.8, 4) is 0 Å². The second-order valence-corrected chi connectivity index (χ2v) is 5.20. The highest BCUT2D eigenvalue weighted by Crippen LogP contribution is 2.22. The lowest BCUT2D eigenvalue weighted by atomic mass is 9.89. The third kappa shape index (κ3) is 4.29. The van der Waals surface area contributed by atoms with Gasteiger partial charge in [-0.2, -0.15) is 0 Å². The van der Waals surface area contributed by atoms with Crippen molar-refractivity contribution in [2.75, 3.05) is 13.7 Å². The van der Waals surface area contributed by atoms with E-state index in [4.69, 9.17) is 4.74 Å². The van der Waals surface area contributed by atoms with E-state index in [2.05, 4.69) is 50.1 Å². The van der Waals surface area contributed by atoms with Gasteiger partial charge in [0, 0.05) is 31.5 Å². The number of likely N-dealkylation sites (N-methyl/N-ethyl adjacent to an activating group) is 1. The Kier molecular flexibility index (Phi) is 6.46. The molecule has 3 heteroatoms. The molecule has 0 saturated heterocycles. The van der Waals surface area contributed by atoms with Crippen LogP contribution in [0, 0.1) is 0 Å². The summed E-state index contributed by atoms with van der Waals surface area (Å²) in [5.41, 5.74) is 2.26. The molecular weight excluding hydrogens is 236 g/mol. The van der Waals surface area contributed by atoms with E-state index in [-0.39, 0.29) is 11.6 Å². The van der Waals surface area contributed by atoms with E-state index in [0.29, 0.717) is 0 Å². The molecule has 0 radical (unpaired) electrons.